The molecule has 1 N–H and O–H groups in total. The molecule has 0 amide bonds. The molecular formula is C12H8N4O3S. The van der Waals surface area contributed by atoms with Gasteiger partial charge >= 0.3 is 0 Å². The van der Waals surface area contributed by atoms with Gasteiger partial charge in [0.15, 0.2) is 5.16 Å². The van der Waals surface area contributed by atoms with Crippen molar-refractivity contribution in [3.05, 3.63) is 56.0 Å². The number of hydrogen-bond acceptors (Lipinski definition) is 6. The molecule has 8 heteroatoms. The molecule has 0 fully saturated rings. The van der Waals surface area contributed by atoms with Crippen molar-refractivity contribution in [1.82, 2.24) is 9.97 Å². The zero-order chi connectivity index (χ0) is 14.7. The van der Waals surface area contributed by atoms with Gasteiger partial charge in [-0.3, -0.25) is 14.9 Å². The molecule has 2 aromatic rings. The number of nitrogens with zero attached hydrogens (tertiary/aromatic N) is 3. The number of benzene rings is 1. The van der Waals surface area contributed by atoms with Crippen LogP contribution in [0.4, 0.5) is 5.69 Å². The minimum Gasteiger partial charge on any atom is -0.301 e. The van der Waals surface area contributed by atoms with Crippen LogP contribution in [0.2, 0.25) is 0 Å². The number of nitrogens with one attached hydrogen (secondary N) is 1. The topological polar surface area (TPSA) is 113 Å². The highest BCUT2D eigenvalue weighted by atomic mass is 32.2. The highest BCUT2D eigenvalue weighted by molar-refractivity contribution is 7.99. The van der Waals surface area contributed by atoms with Crippen LogP contribution in [-0.4, -0.2) is 14.9 Å². The van der Waals surface area contributed by atoms with Gasteiger partial charge in [-0.05, 0) is 19.1 Å². The van der Waals surface area contributed by atoms with E-state index in [9.17, 15) is 14.9 Å². The summed E-state index contributed by atoms with van der Waals surface area (Å²) in [6.07, 6.45) is 0. The molecule has 20 heavy (non-hydrogen) atoms. The minimum atomic E-state index is -0.616. The number of nitro benzene ring substituents is 1. The summed E-state index contributed by atoms with van der Waals surface area (Å²) >= 11 is 1.09. The van der Waals surface area contributed by atoms with E-state index in [0.717, 1.165) is 11.8 Å². The van der Waals surface area contributed by atoms with Crippen molar-refractivity contribution in [3.63, 3.8) is 0 Å². The standard InChI is InChI=1S/C12H8N4O3S/c1-7-4-11(17)15-12(14-7)20-9-3-2-8(6-13)10(5-9)16(18)19/h2-5H,1H3,(H,14,15,17). The van der Waals surface area contributed by atoms with Crippen LogP contribution in [0.15, 0.2) is 39.1 Å². The van der Waals surface area contributed by atoms with Crippen molar-refractivity contribution < 1.29 is 4.92 Å². The Hall–Kier alpha value is -2.66. The maximum Gasteiger partial charge on any atom is 0.288 e. The molecule has 7 nitrogen and oxygen atoms in total. The first kappa shape index (κ1) is 13.8. The van der Waals surface area contributed by atoms with Gasteiger partial charge in [0.25, 0.3) is 11.2 Å². The third-order valence-electron chi connectivity index (χ3n) is 2.35. The zero-order valence-corrected chi connectivity index (χ0v) is 11.1. The van der Waals surface area contributed by atoms with Crippen molar-refractivity contribution in [2.45, 2.75) is 17.0 Å². The maximum atomic E-state index is 11.3. The summed E-state index contributed by atoms with van der Waals surface area (Å²) in [6.45, 7) is 1.68. The van der Waals surface area contributed by atoms with Gasteiger partial charge in [-0.1, -0.05) is 11.8 Å². The van der Waals surface area contributed by atoms with Gasteiger partial charge in [0.1, 0.15) is 11.6 Å². The number of aromatic amines is 1. The van der Waals surface area contributed by atoms with E-state index in [1.165, 1.54) is 18.2 Å². The van der Waals surface area contributed by atoms with Gasteiger partial charge < -0.3 is 4.98 Å². The predicted molar refractivity (Wildman–Crippen MR) is 71.5 cm³/mol. The molecule has 0 saturated carbocycles. The van der Waals surface area contributed by atoms with Crippen LogP contribution in [0.1, 0.15) is 11.3 Å². The molecule has 0 aliphatic rings. The molecule has 1 aromatic carbocycles. The third-order valence-corrected chi connectivity index (χ3v) is 3.23. The Morgan fingerprint density at radius 1 is 1.45 bits per heavy atom. The van der Waals surface area contributed by atoms with Crippen molar-refractivity contribution in [2.24, 2.45) is 0 Å². The van der Waals surface area contributed by atoms with Gasteiger partial charge in [0, 0.05) is 22.7 Å². The van der Waals surface area contributed by atoms with Crippen LogP contribution in [0.3, 0.4) is 0 Å². The van der Waals surface area contributed by atoms with E-state index in [4.69, 9.17) is 5.26 Å². The fourth-order valence-electron chi connectivity index (χ4n) is 1.53. The average Bonchev–Trinajstić information content (AvgIpc) is 2.37. The Morgan fingerprint density at radius 2 is 2.20 bits per heavy atom. The van der Waals surface area contributed by atoms with Crippen LogP contribution in [0, 0.1) is 28.4 Å². The fourth-order valence-corrected chi connectivity index (χ4v) is 2.40. The van der Waals surface area contributed by atoms with E-state index < -0.39 is 4.92 Å². The van der Waals surface area contributed by atoms with Crippen LogP contribution >= 0.6 is 11.8 Å². The maximum absolute atomic E-state index is 11.3. The summed E-state index contributed by atoms with van der Waals surface area (Å²) in [5.74, 6) is 0. The van der Waals surface area contributed by atoms with Crippen LogP contribution in [-0.2, 0) is 0 Å². The Morgan fingerprint density at radius 3 is 2.80 bits per heavy atom. The highest BCUT2D eigenvalue weighted by Gasteiger charge is 2.15. The van der Waals surface area contributed by atoms with E-state index in [0.29, 0.717) is 15.7 Å². The summed E-state index contributed by atoms with van der Waals surface area (Å²) < 4.78 is 0. The molecule has 0 radical (unpaired) electrons. The largest absolute Gasteiger partial charge is 0.301 e. The lowest BCUT2D eigenvalue weighted by Crippen LogP contribution is -2.07. The van der Waals surface area contributed by atoms with Crippen LogP contribution < -0.4 is 5.56 Å². The molecule has 0 unspecified atom stereocenters. The monoisotopic (exact) mass is 288 g/mol. The number of nitriles is 1. The lowest BCUT2D eigenvalue weighted by atomic mass is 10.2. The van der Waals surface area contributed by atoms with Crippen LogP contribution in [0.5, 0.6) is 0 Å². The van der Waals surface area contributed by atoms with Crippen molar-refractivity contribution in [2.75, 3.05) is 0 Å². The van der Waals surface area contributed by atoms with Gasteiger partial charge in [-0.2, -0.15) is 5.26 Å². The Labute approximate surface area is 117 Å². The first-order valence-electron chi connectivity index (χ1n) is 5.44. The molecule has 0 bridgehead atoms. The summed E-state index contributed by atoms with van der Waals surface area (Å²) in [6, 6.07) is 7.34. The van der Waals surface area contributed by atoms with Gasteiger partial charge in [-0.15, -0.1) is 0 Å². The lowest BCUT2D eigenvalue weighted by molar-refractivity contribution is -0.385. The number of aromatic nitrogens is 2. The fraction of sp³-hybridized carbons (Fsp3) is 0.0833. The summed E-state index contributed by atoms with van der Waals surface area (Å²) in [4.78, 5) is 28.7. The SMILES string of the molecule is Cc1cc(=O)[nH]c(Sc2ccc(C#N)c([N+](=O)[O-])c2)n1. The Bertz CT molecular complexity index is 779. The molecule has 0 saturated heterocycles. The van der Waals surface area contributed by atoms with E-state index in [1.807, 2.05) is 0 Å². The van der Waals surface area contributed by atoms with Crippen molar-refractivity contribution in [1.29, 1.82) is 5.26 Å². The molecule has 1 aromatic heterocycles. The summed E-state index contributed by atoms with van der Waals surface area (Å²) in [7, 11) is 0. The number of nitro groups is 1. The number of H-pyrrole nitrogens is 1. The number of rotatable bonds is 3. The van der Waals surface area contributed by atoms with Crippen molar-refractivity contribution in [3.8, 4) is 6.07 Å². The lowest BCUT2D eigenvalue weighted by Gasteiger charge is -2.02. The van der Waals surface area contributed by atoms with Gasteiger partial charge in [-0.25, -0.2) is 4.98 Å². The summed E-state index contributed by atoms with van der Waals surface area (Å²) in [5.41, 5.74) is -0.0138. The minimum absolute atomic E-state index is 0.00922. The second-order valence-corrected chi connectivity index (χ2v) is 4.90. The molecular weight excluding hydrogens is 280 g/mol. The predicted octanol–water partition coefficient (Wildman–Crippen LogP) is 2.01. The normalized spacial score (nSPS) is 10.0. The Kier molecular flexibility index (Phi) is 3.81. The molecule has 100 valence electrons. The molecule has 2 rings (SSSR count). The van der Waals surface area contributed by atoms with E-state index >= 15 is 0 Å². The number of aryl methyl sites for hydroxylation is 1. The van der Waals surface area contributed by atoms with Crippen molar-refractivity contribution >= 4 is 17.4 Å². The third kappa shape index (κ3) is 3.02. The van der Waals surface area contributed by atoms with Gasteiger partial charge in [0.05, 0.1) is 4.92 Å². The second kappa shape index (κ2) is 5.54. The molecule has 0 spiro atoms. The van der Waals surface area contributed by atoms with Gasteiger partial charge in [0.2, 0.25) is 0 Å². The highest BCUT2D eigenvalue weighted by Crippen LogP contribution is 2.29. The molecule has 0 aliphatic carbocycles. The smallest absolute Gasteiger partial charge is 0.288 e. The zero-order valence-electron chi connectivity index (χ0n) is 10.3. The van der Waals surface area contributed by atoms with Crippen LogP contribution in [0.25, 0.3) is 0 Å². The van der Waals surface area contributed by atoms with E-state index in [2.05, 4.69) is 9.97 Å². The quantitative estimate of drug-likeness (QED) is 0.525. The summed E-state index contributed by atoms with van der Waals surface area (Å²) in [5, 5.41) is 20.0. The number of hydrogen-bond donors (Lipinski definition) is 1. The second-order valence-electron chi connectivity index (χ2n) is 3.84. The average molecular weight is 288 g/mol. The van der Waals surface area contributed by atoms with E-state index in [-0.39, 0.29) is 16.8 Å². The first-order valence-corrected chi connectivity index (χ1v) is 6.25. The Balaban J connectivity index is 2.39. The van der Waals surface area contributed by atoms with E-state index in [1.54, 1.807) is 19.1 Å². The molecule has 0 aliphatic heterocycles. The molecule has 0 atom stereocenters. The molecule has 1 heterocycles. The first-order chi connectivity index (χ1) is 9.49.